The van der Waals surface area contributed by atoms with Crippen LogP contribution in [0.15, 0.2) is 0 Å². The molecule has 0 amide bonds. The lowest BCUT2D eigenvalue weighted by molar-refractivity contribution is -0.140. The van der Waals surface area contributed by atoms with Gasteiger partial charge in [-0.05, 0) is 6.42 Å². The van der Waals surface area contributed by atoms with E-state index in [1.54, 1.807) is 0 Å². The summed E-state index contributed by atoms with van der Waals surface area (Å²) >= 11 is 3.03. The number of ketones is 1. The van der Waals surface area contributed by atoms with Crippen LogP contribution in [-0.2, 0) is 14.3 Å². The second-order valence-electron chi connectivity index (χ2n) is 2.10. The van der Waals surface area contributed by atoms with E-state index in [1.165, 1.54) is 7.11 Å². The van der Waals surface area contributed by atoms with Gasteiger partial charge in [0, 0.05) is 12.8 Å². The van der Waals surface area contributed by atoms with Gasteiger partial charge in [-0.3, -0.25) is 9.59 Å². The van der Waals surface area contributed by atoms with Gasteiger partial charge in [0.25, 0.3) is 0 Å². The molecule has 0 fully saturated rings. The normalized spacial score (nSPS) is 9.27. The third-order valence-corrected chi connectivity index (χ3v) is 1.84. The number of halogens is 1. The molecule has 0 N–H and O–H groups in total. The van der Waals surface area contributed by atoms with E-state index in [0.29, 0.717) is 24.6 Å². The maximum absolute atomic E-state index is 10.7. The summed E-state index contributed by atoms with van der Waals surface area (Å²) in [6.07, 6.45) is 1.35. The minimum atomic E-state index is -0.257. The lowest BCUT2D eigenvalue weighted by Gasteiger charge is -1.96. The number of Topliss-reactive ketones (excluding diaryl/α,β-unsaturated/α-hetero) is 1. The van der Waals surface area contributed by atoms with Crippen LogP contribution in [0, 0.1) is 0 Å². The van der Waals surface area contributed by atoms with Gasteiger partial charge < -0.3 is 4.74 Å². The summed E-state index contributed by atoms with van der Waals surface area (Å²) in [4.78, 5) is 21.2. The molecule has 0 aliphatic heterocycles. The number of carbonyl (C=O) groups excluding carboxylic acids is 2. The molecule has 64 valence electrons. The number of carbonyl (C=O) groups is 2. The Balaban J connectivity index is 3.27. The highest BCUT2D eigenvalue weighted by atomic mass is 79.9. The van der Waals surface area contributed by atoms with Crippen molar-refractivity contribution in [1.29, 1.82) is 0 Å². The highest BCUT2D eigenvalue weighted by molar-refractivity contribution is 9.09. The monoisotopic (exact) mass is 222 g/mol. The van der Waals surface area contributed by atoms with E-state index in [-0.39, 0.29) is 11.8 Å². The van der Waals surface area contributed by atoms with Crippen molar-refractivity contribution in [3.8, 4) is 0 Å². The number of hydrogen-bond donors (Lipinski definition) is 0. The molecule has 0 radical (unpaired) electrons. The quantitative estimate of drug-likeness (QED) is 0.521. The number of alkyl halides is 1. The van der Waals surface area contributed by atoms with Crippen LogP contribution < -0.4 is 0 Å². The molecule has 0 saturated heterocycles. The number of ether oxygens (including phenoxy) is 1. The van der Waals surface area contributed by atoms with Crippen LogP contribution in [0.5, 0.6) is 0 Å². The second kappa shape index (κ2) is 6.34. The first kappa shape index (κ1) is 10.6. The van der Waals surface area contributed by atoms with E-state index in [1.807, 2.05) is 0 Å². The molecule has 3 nitrogen and oxygen atoms in total. The van der Waals surface area contributed by atoms with Gasteiger partial charge in [-0.2, -0.15) is 0 Å². The van der Waals surface area contributed by atoms with Gasteiger partial charge in [-0.15, -0.1) is 0 Å². The first-order valence-electron chi connectivity index (χ1n) is 3.35. The minimum Gasteiger partial charge on any atom is -0.469 e. The molecule has 0 saturated carbocycles. The van der Waals surface area contributed by atoms with E-state index in [0.717, 1.165) is 0 Å². The van der Waals surface area contributed by atoms with Gasteiger partial charge in [0.2, 0.25) is 0 Å². The van der Waals surface area contributed by atoms with Crippen molar-refractivity contribution in [2.45, 2.75) is 19.3 Å². The van der Waals surface area contributed by atoms with Gasteiger partial charge in [0.05, 0.1) is 12.4 Å². The third kappa shape index (κ3) is 6.04. The first-order chi connectivity index (χ1) is 5.20. The van der Waals surface area contributed by atoms with Gasteiger partial charge in [-0.1, -0.05) is 15.9 Å². The predicted molar refractivity (Wildman–Crippen MR) is 44.7 cm³/mol. The van der Waals surface area contributed by atoms with Crippen molar-refractivity contribution < 1.29 is 14.3 Å². The smallest absolute Gasteiger partial charge is 0.305 e. The van der Waals surface area contributed by atoms with Crippen molar-refractivity contribution in [3.05, 3.63) is 0 Å². The highest BCUT2D eigenvalue weighted by Crippen LogP contribution is 1.99. The highest BCUT2D eigenvalue weighted by Gasteiger charge is 2.02. The van der Waals surface area contributed by atoms with Crippen LogP contribution in [-0.4, -0.2) is 24.2 Å². The summed E-state index contributed by atoms with van der Waals surface area (Å²) in [5.74, 6) is -0.138. The number of rotatable bonds is 5. The molecule has 0 aliphatic rings. The van der Waals surface area contributed by atoms with Gasteiger partial charge in [-0.25, -0.2) is 0 Å². The molecule has 0 heterocycles. The van der Waals surface area contributed by atoms with Crippen molar-refractivity contribution in [1.82, 2.24) is 0 Å². The Morgan fingerprint density at radius 1 is 1.36 bits per heavy atom. The molecule has 0 aliphatic carbocycles. The van der Waals surface area contributed by atoms with Crippen LogP contribution in [0.2, 0.25) is 0 Å². The van der Waals surface area contributed by atoms with Crippen molar-refractivity contribution in [3.63, 3.8) is 0 Å². The lowest BCUT2D eigenvalue weighted by atomic mass is 10.2. The van der Waals surface area contributed by atoms with Gasteiger partial charge >= 0.3 is 5.97 Å². The Hall–Kier alpha value is -0.380. The summed E-state index contributed by atoms with van der Waals surface area (Å²) < 4.78 is 4.40. The Morgan fingerprint density at radius 3 is 2.45 bits per heavy atom. The molecule has 0 aromatic carbocycles. The zero-order valence-corrected chi connectivity index (χ0v) is 8.02. The van der Waals surface area contributed by atoms with Crippen LogP contribution in [0.3, 0.4) is 0 Å². The fourth-order valence-corrected chi connectivity index (χ4v) is 0.879. The molecular formula is C7H11BrO3. The molecule has 0 bridgehead atoms. The lowest BCUT2D eigenvalue weighted by Crippen LogP contribution is -2.03. The van der Waals surface area contributed by atoms with E-state index < -0.39 is 0 Å². The van der Waals surface area contributed by atoms with Gasteiger partial charge in [0.15, 0.2) is 0 Å². The molecule has 0 unspecified atom stereocenters. The van der Waals surface area contributed by atoms with Crippen molar-refractivity contribution >= 4 is 27.7 Å². The molecule has 11 heavy (non-hydrogen) atoms. The topological polar surface area (TPSA) is 43.4 Å². The number of esters is 1. The zero-order chi connectivity index (χ0) is 8.69. The average molecular weight is 223 g/mol. The largest absolute Gasteiger partial charge is 0.469 e. The van der Waals surface area contributed by atoms with Crippen LogP contribution in [0.25, 0.3) is 0 Å². The minimum absolute atomic E-state index is 0.119. The zero-order valence-electron chi connectivity index (χ0n) is 6.43. The van der Waals surface area contributed by atoms with Crippen LogP contribution in [0.4, 0.5) is 0 Å². The molecule has 0 rings (SSSR count). The van der Waals surface area contributed by atoms with Crippen molar-refractivity contribution in [2.24, 2.45) is 0 Å². The Bertz CT molecular complexity index is 129. The van der Waals surface area contributed by atoms with E-state index in [4.69, 9.17) is 0 Å². The summed E-state index contributed by atoms with van der Waals surface area (Å²) in [6, 6.07) is 0. The summed E-state index contributed by atoms with van der Waals surface area (Å²) in [5.41, 5.74) is 0. The fraction of sp³-hybridized carbons (Fsp3) is 0.714. The summed E-state index contributed by atoms with van der Waals surface area (Å²) in [7, 11) is 1.34. The standard InChI is InChI=1S/C7H11BrO3/c1-11-7(10)4-2-3-6(9)5-8/h2-5H2,1H3. The van der Waals surface area contributed by atoms with E-state index in [2.05, 4.69) is 20.7 Å². The molecule has 0 aromatic rings. The molecule has 0 spiro atoms. The average Bonchev–Trinajstić information content (AvgIpc) is 2.04. The first-order valence-corrected chi connectivity index (χ1v) is 4.47. The number of methoxy groups -OCH3 is 1. The number of hydrogen-bond acceptors (Lipinski definition) is 3. The van der Waals surface area contributed by atoms with Crippen molar-refractivity contribution in [2.75, 3.05) is 12.4 Å². The van der Waals surface area contributed by atoms with Crippen LogP contribution >= 0.6 is 15.9 Å². The molecule has 0 aromatic heterocycles. The Labute approximate surface area is 74.2 Å². The van der Waals surface area contributed by atoms with Crippen LogP contribution in [0.1, 0.15) is 19.3 Å². The van der Waals surface area contributed by atoms with E-state index >= 15 is 0 Å². The molecule has 0 atom stereocenters. The maximum Gasteiger partial charge on any atom is 0.305 e. The predicted octanol–water partition coefficient (Wildman–Crippen LogP) is 1.29. The van der Waals surface area contributed by atoms with E-state index in [9.17, 15) is 9.59 Å². The van der Waals surface area contributed by atoms with Gasteiger partial charge in [0.1, 0.15) is 5.78 Å². The summed E-state index contributed by atoms with van der Waals surface area (Å²) in [5, 5.41) is 0.369. The third-order valence-electron chi connectivity index (χ3n) is 1.21. The molecular weight excluding hydrogens is 212 g/mol. The SMILES string of the molecule is COC(=O)CCCC(=O)CBr. The fourth-order valence-electron chi connectivity index (χ4n) is 0.599. The second-order valence-corrected chi connectivity index (χ2v) is 2.66. The molecule has 4 heteroatoms. The maximum atomic E-state index is 10.7. The summed E-state index contributed by atoms with van der Waals surface area (Å²) in [6.45, 7) is 0. The Morgan fingerprint density at radius 2 is 2.00 bits per heavy atom. The Kier molecular flexibility index (Phi) is 6.12.